The average molecular weight is 466 g/mol. The van der Waals surface area contributed by atoms with Gasteiger partial charge in [0.25, 0.3) is 0 Å². The van der Waals surface area contributed by atoms with Gasteiger partial charge in [-0.3, -0.25) is 5.01 Å². The lowest BCUT2D eigenvalue weighted by molar-refractivity contribution is 0.0665. The van der Waals surface area contributed by atoms with Crippen LogP contribution in [0.25, 0.3) is 11.8 Å². The molecular weight excluding hydrogens is 440 g/mol. The Morgan fingerprint density at radius 1 is 1.15 bits per heavy atom. The van der Waals surface area contributed by atoms with Crippen LogP contribution in [0.1, 0.15) is 29.7 Å². The number of piperidine rings is 1. The molecule has 0 spiro atoms. The van der Waals surface area contributed by atoms with Crippen LogP contribution in [0.15, 0.2) is 60.2 Å². The van der Waals surface area contributed by atoms with Gasteiger partial charge in [-0.15, -0.1) is 0 Å². The summed E-state index contributed by atoms with van der Waals surface area (Å²) in [4.78, 5) is 6.20. The summed E-state index contributed by atoms with van der Waals surface area (Å²) in [6.45, 7) is 3.07. The maximum atomic E-state index is 13.8. The lowest BCUT2D eigenvalue weighted by atomic mass is 9.84. The monoisotopic (exact) mass is 465 g/mol. The van der Waals surface area contributed by atoms with Gasteiger partial charge in [-0.2, -0.15) is 5.10 Å². The lowest BCUT2D eigenvalue weighted by Crippen LogP contribution is -2.49. The summed E-state index contributed by atoms with van der Waals surface area (Å²) in [5.41, 5.74) is 1.33. The zero-order valence-corrected chi connectivity index (χ0v) is 18.9. The number of hydrazone groups is 1. The third kappa shape index (κ3) is 4.03. The fourth-order valence-electron chi connectivity index (χ4n) is 4.50. The molecule has 0 radical (unpaired) electrons. The minimum Gasteiger partial charge on any atom is -0.495 e. The minimum absolute atomic E-state index is 0.175. The zero-order valence-electron chi connectivity index (χ0n) is 18.9. The van der Waals surface area contributed by atoms with E-state index in [9.17, 15) is 13.9 Å². The fraction of sp³-hybridized carbons (Fsp3) is 0.280. The van der Waals surface area contributed by atoms with E-state index < -0.39 is 17.2 Å². The third-order valence-corrected chi connectivity index (χ3v) is 6.15. The standard InChI is InChI=1S/C25H25F2N5O2/c1-17-14-31(15-28-17)22-5-4-18(10-23(22)34-2)6-9-32-16-30-8-3-7-25(33,24(30)29-32)19-11-20(26)13-21(27)12-19/h4-6,9-15,33H,3,7-8,16H2,1-2H3/b9-6+. The molecule has 2 aliphatic heterocycles. The van der Waals surface area contributed by atoms with Crippen LogP contribution in [0.3, 0.4) is 0 Å². The molecule has 1 atom stereocenters. The molecule has 2 aliphatic rings. The predicted octanol–water partition coefficient (Wildman–Crippen LogP) is 4.01. The van der Waals surface area contributed by atoms with Gasteiger partial charge in [-0.25, -0.2) is 13.8 Å². The summed E-state index contributed by atoms with van der Waals surface area (Å²) in [5, 5.41) is 17.7. The molecule has 7 nitrogen and oxygen atoms in total. The quantitative estimate of drug-likeness (QED) is 0.617. The second kappa shape index (κ2) is 8.57. The predicted molar refractivity (Wildman–Crippen MR) is 124 cm³/mol. The Kier molecular flexibility index (Phi) is 5.57. The van der Waals surface area contributed by atoms with Gasteiger partial charge in [0.15, 0.2) is 5.84 Å². The number of rotatable bonds is 5. The number of aryl methyl sites for hydroxylation is 1. The van der Waals surface area contributed by atoms with E-state index >= 15 is 0 Å². The number of amidine groups is 1. The number of ether oxygens (including phenoxy) is 1. The molecule has 176 valence electrons. The number of benzene rings is 2. The van der Waals surface area contributed by atoms with Crippen LogP contribution in [-0.2, 0) is 5.60 Å². The van der Waals surface area contributed by atoms with Crippen molar-refractivity contribution in [3.8, 4) is 11.4 Å². The first-order valence-corrected chi connectivity index (χ1v) is 11.0. The highest BCUT2D eigenvalue weighted by molar-refractivity contribution is 5.93. The Morgan fingerprint density at radius 2 is 1.94 bits per heavy atom. The van der Waals surface area contributed by atoms with E-state index in [-0.39, 0.29) is 5.56 Å². The van der Waals surface area contributed by atoms with Crippen molar-refractivity contribution in [2.75, 3.05) is 20.3 Å². The van der Waals surface area contributed by atoms with Gasteiger partial charge in [-0.1, -0.05) is 6.07 Å². The lowest BCUT2D eigenvalue weighted by Gasteiger charge is -2.38. The number of halogens is 2. The van der Waals surface area contributed by atoms with Crippen molar-refractivity contribution >= 4 is 11.9 Å². The topological polar surface area (TPSA) is 66.1 Å². The van der Waals surface area contributed by atoms with Gasteiger partial charge in [0, 0.05) is 25.0 Å². The van der Waals surface area contributed by atoms with Crippen LogP contribution in [-0.4, -0.2) is 50.7 Å². The number of methoxy groups -OCH3 is 1. The molecule has 9 heteroatoms. The SMILES string of the molecule is COc1cc(/C=C/N2CN3CCCC(O)(c4cc(F)cc(F)c4)C3=N2)ccc1-n1cnc(C)c1. The molecule has 1 aromatic heterocycles. The van der Waals surface area contributed by atoms with Gasteiger partial charge < -0.3 is 19.3 Å². The second-order valence-corrected chi connectivity index (χ2v) is 8.56. The largest absolute Gasteiger partial charge is 0.495 e. The van der Waals surface area contributed by atoms with Crippen molar-refractivity contribution in [1.82, 2.24) is 19.5 Å². The van der Waals surface area contributed by atoms with Crippen molar-refractivity contribution in [2.24, 2.45) is 5.10 Å². The van der Waals surface area contributed by atoms with E-state index in [1.54, 1.807) is 18.4 Å². The van der Waals surface area contributed by atoms with Crippen LogP contribution in [0.2, 0.25) is 0 Å². The highest BCUT2D eigenvalue weighted by Gasteiger charge is 2.45. The van der Waals surface area contributed by atoms with Crippen molar-refractivity contribution in [2.45, 2.75) is 25.4 Å². The maximum Gasteiger partial charge on any atom is 0.163 e. The number of nitrogens with zero attached hydrogens (tertiary/aromatic N) is 5. The number of imidazole rings is 1. The van der Waals surface area contributed by atoms with E-state index in [1.807, 2.05) is 53.1 Å². The van der Waals surface area contributed by atoms with Crippen molar-refractivity contribution in [1.29, 1.82) is 0 Å². The van der Waals surface area contributed by atoms with Crippen LogP contribution >= 0.6 is 0 Å². The number of hydrogen-bond acceptors (Lipinski definition) is 6. The first-order chi connectivity index (χ1) is 16.4. The molecule has 1 fully saturated rings. The molecule has 3 heterocycles. The number of fused-ring (bicyclic) bond motifs is 1. The number of aromatic nitrogens is 2. The zero-order chi connectivity index (χ0) is 23.9. The Hall–Kier alpha value is -3.72. The Balaban J connectivity index is 1.40. The highest BCUT2D eigenvalue weighted by atomic mass is 19.1. The van der Waals surface area contributed by atoms with E-state index in [1.165, 1.54) is 12.1 Å². The van der Waals surface area contributed by atoms with E-state index in [0.29, 0.717) is 37.6 Å². The maximum absolute atomic E-state index is 13.8. The molecule has 3 aromatic rings. The summed E-state index contributed by atoms with van der Waals surface area (Å²) < 4.78 is 35.2. The van der Waals surface area contributed by atoms with Crippen molar-refractivity contribution in [3.05, 3.63) is 83.6 Å². The summed E-state index contributed by atoms with van der Waals surface area (Å²) in [5.74, 6) is -0.345. The Morgan fingerprint density at radius 3 is 2.65 bits per heavy atom. The third-order valence-electron chi connectivity index (χ3n) is 6.15. The smallest absolute Gasteiger partial charge is 0.163 e. The molecule has 0 amide bonds. The highest BCUT2D eigenvalue weighted by Crippen LogP contribution is 2.37. The van der Waals surface area contributed by atoms with Gasteiger partial charge in [0.05, 0.1) is 24.8 Å². The molecule has 0 aliphatic carbocycles. The fourth-order valence-corrected chi connectivity index (χ4v) is 4.50. The minimum atomic E-state index is -1.54. The summed E-state index contributed by atoms with van der Waals surface area (Å²) >= 11 is 0. The van der Waals surface area contributed by atoms with Gasteiger partial charge in [-0.05, 0) is 61.2 Å². The molecule has 1 N–H and O–H groups in total. The number of aliphatic hydroxyl groups is 1. The van der Waals surface area contributed by atoms with Crippen molar-refractivity contribution in [3.63, 3.8) is 0 Å². The normalized spacial score (nSPS) is 20.1. The number of hydrogen-bond donors (Lipinski definition) is 1. The molecule has 5 rings (SSSR count). The molecule has 0 saturated carbocycles. The molecule has 1 saturated heterocycles. The summed E-state index contributed by atoms with van der Waals surface area (Å²) in [7, 11) is 1.62. The van der Waals surface area contributed by atoms with Gasteiger partial charge in [0.2, 0.25) is 0 Å². The Bertz CT molecular complexity index is 1270. The van der Waals surface area contributed by atoms with Crippen LogP contribution in [0.5, 0.6) is 5.75 Å². The molecule has 2 aromatic carbocycles. The first kappa shape index (κ1) is 22.1. The molecule has 0 bridgehead atoms. The molecular formula is C25H25F2N5O2. The van der Waals surface area contributed by atoms with Crippen LogP contribution < -0.4 is 4.74 Å². The van der Waals surface area contributed by atoms with Gasteiger partial charge >= 0.3 is 0 Å². The Labute approximate surface area is 196 Å². The summed E-state index contributed by atoms with van der Waals surface area (Å²) in [6, 6.07) is 8.98. The van der Waals surface area contributed by atoms with Crippen LogP contribution in [0.4, 0.5) is 8.78 Å². The average Bonchev–Trinajstić information content (AvgIpc) is 3.44. The first-order valence-electron chi connectivity index (χ1n) is 11.0. The summed E-state index contributed by atoms with van der Waals surface area (Å²) in [6.07, 6.45) is 8.40. The molecule has 1 unspecified atom stereocenters. The van der Waals surface area contributed by atoms with Gasteiger partial charge in [0.1, 0.15) is 29.7 Å². The molecule has 34 heavy (non-hydrogen) atoms. The van der Waals surface area contributed by atoms with E-state index in [0.717, 1.165) is 23.0 Å². The van der Waals surface area contributed by atoms with E-state index in [2.05, 4.69) is 10.1 Å². The van der Waals surface area contributed by atoms with E-state index in [4.69, 9.17) is 4.74 Å². The van der Waals surface area contributed by atoms with Crippen LogP contribution in [0, 0.1) is 18.6 Å². The van der Waals surface area contributed by atoms with Crippen molar-refractivity contribution < 1.29 is 18.6 Å². The second-order valence-electron chi connectivity index (χ2n) is 8.56.